The van der Waals surface area contributed by atoms with Crippen LogP contribution < -0.4 is 4.90 Å². The monoisotopic (exact) mass is 657 g/mol. The number of para-hydroxylation sites is 2. The predicted octanol–water partition coefficient (Wildman–Crippen LogP) is 9.82. The van der Waals surface area contributed by atoms with Crippen molar-refractivity contribution in [1.29, 1.82) is 5.26 Å². The number of nitrogens with one attached hydrogen (secondary N) is 1. The van der Waals surface area contributed by atoms with Crippen molar-refractivity contribution in [2.24, 2.45) is 0 Å². The van der Waals surface area contributed by atoms with Crippen molar-refractivity contribution in [3.63, 3.8) is 0 Å². The van der Waals surface area contributed by atoms with Crippen LogP contribution in [-0.4, -0.2) is 26.5 Å². The molecule has 0 atom stereocenters. The standard InChI is InChI=1S/C36H21F2N5O2S2/c37-32-30(28-16-15-26(46-28)19-22(20-39)36(44)45)34-35(41-42-40-34)31(33(32)38)29-18-17-27(47-29)21-11-13-25(14-12-21)43(23-7-3-1-4-8-23)24-9-5-2-6-10-24/h1-19H,(H,44,45)(H,40,41,42)/b22-19+. The van der Waals surface area contributed by atoms with Crippen LogP contribution in [0.3, 0.4) is 0 Å². The zero-order chi connectivity index (χ0) is 32.5. The Morgan fingerprint density at radius 1 is 0.723 bits per heavy atom. The molecular formula is C36H21F2N5O2S2. The quantitative estimate of drug-likeness (QED) is 0.125. The maximum atomic E-state index is 15.9. The van der Waals surface area contributed by atoms with Crippen molar-refractivity contribution >= 4 is 62.8 Å². The highest BCUT2D eigenvalue weighted by Crippen LogP contribution is 2.44. The molecule has 0 aliphatic rings. The van der Waals surface area contributed by atoms with Crippen molar-refractivity contribution in [2.45, 2.75) is 0 Å². The molecule has 0 fully saturated rings. The average molecular weight is 658 g/mol. The number of nitriles is 1. The molecule has 2 N–H and O–H groups in total. The third kappa shape index (κ3) is 5.56. The summed E-state index contributed by atoms with van der Waals surface area (Å²) in [6, 6.07) is 36.5. The highest BCUT2D eigenvalue weighted by Gasteiger charge is 2.27. The lowest BCUT2D eigenvalue weighted by Crippen LogP contribution is -2.09. The number of rotatable bonds is 8. The summed E-state index contributed by atoms with van der Waals surface area (Å²) in [5.74, 6) is -3.55. The molecule has 7 nitrogen and oxygen atoms in total. The fraction of sp³-hybridized carbons (Fsp3) is 0. The summed E-state index contributed by atoms with van der Waals surface area (Å²) in [6.07, 6.45) is 1.18. The van der Waals surface area contributed by atoms with E-state index in [-0.39, 0.29) is 22.2 Å². The molecule has 0 saturated heterocycles. The number of thiophene rings is 2. The molecule has 11 heteroatoms. The molecule has 0 amide bonds. The minimum atomic E-state index is -1.38. The van der Waals surface area contributed by atoms with Crippen LogP contribution in [0.15, 0.2) is 115 Å². The third-order valence-corrected chi connectivity index (χ3v) is 9.66. The molecule has 7 aromatic rings. The lowest BCUT2D eigenvalue weighted by molar-refractivity contribution is -0.132. The smallest absolute Gasteiger partial charge is 0.346 e. The van der Waals surface area contributed by atoms with Crippen LogP contribution >= 0.6 is 22.7 Å². The lowest BCUT2D eigenvalue weighted by atomic mass is 10.0. The van der Waals surface area contributed by atoms with E-state index in [0.29, 0.717) is 14.6 Å². The first-order valence-electron chi connectivity index (χ1n) is 14.2. The minimum absolute atomic E-state index is 0.00322. The summed E-state index contributed by atoms with van der Waals surface area (Å²) >= 11 is 2.32. The van der Waals surface area contributed by atoms with Gasteiger partial charge in [0.25, 0.3) is 0 Å². The fourth-order valence-electron chi connectivity index (χ4n) is 5.31. The van der Waals surface area contributed by atoms with Crippen LogP contribution in [0.4, 0.5) is 25.8 Å². The number of halogens is 2. The van der Waals surface area contributed by atoms with Gasteiger partial charge in [0.2, 0.25) is 0 Å². The number of aromatic amines is 1. The van der Waals surface area contributed by atoms with Gasteiger partial charge in [-0.1, -0.05) is 48.5 Å². The second-order valence-corrected chi connectivity index (χ2v) is 12.5. The summed E-state index contributed by atoms with van der Waals surface area (Å²) in [7, 11) is 0. The minimum Gasteiger partial charge on any atom is -0.477 e. The topological polar surface area (TPSA) is 106 Å². The molecule has 3 heterocycles. The van der Waals surface area contributed by atoms with Gasteiger partial charge >= 0.3 is 5.97 Å². The third-order valence-electron chi connectivity index (χ3n) is 7.46. The Kier molecular flexibility index (Phi) is 7.87. The number of anilines is 3. The van der Waals surface area contributed by atoms with Crippen molar-refractivity contribution in [2.75, 3.05) is 4.90 Å². The van der Waals surface area contributed by atoms with Gasteiger partial charge in [0.1, 0.15) is 22.7 Å². The molecule has 0 unspecified atom stereocenters. The van der Waals surface area contributed by atoms with Crippen LogP contribution in [-0.2, 0) is 4.79 Å². The fourth-order valence-corrected chi connectivity index (χ4v) is 7.35. The largest absolute Gasteiger partial charge is 0.477 e. The van der Waals surface area contributed by atoms with Crippen LogP contribution in [0.5, 0.6) is 0 Å². The predicted molar refractivity (Wildman–Crippen MR) is 182 cm³/mol. The van der Waals surface area contributed by atoms with Crippen LogP contribution in [0, 0.1) is 23.0 Å². The number of aromatic nitrogens is 3. The van der Waals surface area contributed by atoms with Crippen LogP contribution in [0.25, 0.3) is 48.4 Å². The number of benzene rings is 4. The Morgan fingerprint density at radius 2 is 1.23 bits per heavy atom. The molecule has 0 bridgehead atoms. The van der Waals surface area contributed by atoms with Crippen molar-refractivity contribution in [1.82, 2.24) is 15.4 Å². The van der Waals surface area contributed by atoms with Gasteiger partial charge < -0.3 is 10.0 Å². The van der Waals surface area contributed by atoms with Crippen molar-refractivity contribution in [3.05, 3.63) is 131 Å². The summed E-state index contributed by atoms with van der Waals surface area (Å²) < 4.78 is 31.7. The summed E-state index contributed by atoms with van der Waals surface area (Å²) in [5, 5.41) is 29.1. The van der Waals surface area contributed by atoms with Gasteiger partial charge in [-0.25, -0.2) is 13.6 Å². The van der Waals surface area contributed by atoms with E-state index in [2.05, 4.69) is 44.6 Å². The van der Waals surface area contributed by atoms with E-state index in [1.165, 1.54) is 29.5 Å². The Morgan fingerprint density at radius 3 is 1.79 bits per heavy atom. The molecule has 3 aromatic heterocycles. The normalized spacial score (nSPS) is 11.5. The highest BCUT2D eigenvalue weighted by atomic mass is 32.1. The number of fused-ring (bicyclic) bond motifs is 1. The highest BCUT2D eigenvalue weighted by molar-refractivity contribution is 7.19. The lowest BCUT2D eigenvalue weighted by Gasteiger charge is -2.25. The molecular weight excluding hydrogens is 637 g/mol. The summed E-state index contributed by atoms with van der Waals surface area (Å²) in [6.45, 7) is 0. The molecule has 228 valence electrons. The molecule has 0 aliphatic carbocycles. The first-order valence-corrected chi connectivity index (χ1v) is 15.8. The Balaban J connectivity index is 1.23. The van der Waals surface area contributed by atoms with Crippen LogP contribution in [0.1, 0.15) is 4.88 Å². The van der Waals surface area contributed by atoms with Gasteiger partial charge in [-0.2, -0.15) is 20.7 Å². The second-order valence-electron chi connectivity index (χ2n) is 10.3. The van der Waals surface area contributed by atoms with Gasteiger partial charge in [0.05, 0.1) is 11.1 Å². The number of H-pyrrole nitrogens is 1. The van der Waals surface area contributed by atoms with E-state index in [4.69, 9.17) is 10.4 Å². The maximum Gasteiger partial charge on any atom is 0.346 e. The molecule has 0 saturated carbocycles. The Labute approximate surface area is 274 Å². The number of hydrogen-bond donors (Lipinski definition) is 2. The summed E-state index contributed by atoms with van der Waals surface area (Å²) in [4.78, 5) is 15.5. The number of carboxylic acid groups (broad SMARTS) is 1. The van der Waals surface area contributed by atoms with E-state index in [9.17, 15) is 4.79 Å². The van der Waals surface area contributed by atoms with Crippen molar-refractivity contribution in [3.8, 4) is 37.4 Å². The van der Waals surface area contributed by atoms with E-state index in [1.54, 1.807) is 12.1 Å². The Bertz CT molecular complexity index is 2280. The molecule has 0 spiro atoms. The molecule has 0 radical (unpaired) electrons. The number of aliphatic carboxylic acids is 1. The van der Waals surface area contributed by atoms with E-state index in [1.807, 2.05) is 66.7 Å². The Hall–Kier alpha value is -5.96. The van der Waals surface area contributed by atoms with E-state index < -0.39 is 23.2 Å². The number of carbonyl (C=O) groups is 1. The molecule has 0 aliphatic heterocycles. The molecule has 7 rings (SSSR count). The van der Waals surface area contributed by atoms with Crippen LogP contribution in [0.2, 0.25) is 0 Å². The van der Waals surface area contributed by atoms with E-state index >= 15 is 8.78 Å². The van der Waals surface area contributed by atoms with Gasteiger partial charge in [0.15, 0.2) is 11.6 Å². The zero-order valence-electron chi connectivity index (χ0n) is 24.2. The number of hydrogen-bond acceptors (Lipinski definition) is 7. The average Bonchev–Trinajstić information content (AvgIpc) is 3.88. The SMILES string of the molecule is N#C/C(=C\c1ccc(-c2c(F)c(F)c(-c3ccc(-c4ccc(N(c5ccccc5)c5ccccc5)cc4)s3)c3n[nH]nc23)s1)C(=O)O. The maximum absolute atomic E-state index is 15.9. The van der Waals surface area contributed by atoms with E-state index in [0.717, 1.165) is 38.8 Å². The second kappa shape index (κ2) is 12.4. The number of nitrogens with zero attached hydrogens (tertiary/aromatic N) is 4. The zero-order valence-corrected chi connectivity index (χ0v) is 25.8. The van der Waals surface area contributed by atoms with Crippen molar-refractivity contribution < 1.29 is 18.7 Å². The van der Waals surface area contributed by atoms with Gasteiger partial charge in [-0.05, 0) is 72.3 Å². The van der Waals surface area contributed by atoms with Gasteiger partial charge in [-0.3, -0.25) is 0 Å². The first-order chi connectivity index (χ1) is 22.9. The number of carboxylic acids is 1. The van der Waals surface area contributed by atoms with Gasteiger partial charge in [0, 0.05) is 36.6 Å². The van der Waals surface area contributed by atoms with Gasteiger partial charge in [-0.15, -0.1) is 22.7 Å². The molecule has 47 heavy (non-hydrogen) atoms. The first kappa shape index (κ1) is 29.7. The summed E-state index contributed by atoms with van der Waals surface area (Å²) in [5.41, 5.74) is 3.65. The molecule has 4 aromatic carbocycles.